The van der Waals surface area contributed by atoms with Crippen molar-refractivity contribution in [1.29, 1.82) is 0 Å². The molecule has 0 saturated carbocycles. The Morgan fingerprint density at radius 2 is 1.78 bits per heavy atom. The first kappa shape index (κ1) is 26.3. The van der Waals surface area contributed by atoms with Crippen LogP contribution in [0.1, 0.15) is 19.2 Å². The van der Waals surface area contributed by atoms with Crippen molar-refractivity contribution in [3.8, 4) is 17.2 Å². The third-order valence-electron chi connectivity index (χ3n) is 5.76. The standard InChI is InChI=1S/C24H27ClN4O5S2/c1-3-33-20-8-10-21(11-9-20)34-14-22-26-27-24(29(22)18-6-4-17(25)5-7-18)35-15-23(30)28(2)19-12-13-36(31,32)16-19/h4-11,19H,3,12-16H2,1-2H3/t19-/m0/s1. The van der Waals surface area contributed by atoms with Crippen LogP contribution in [0.15, 0.2) is 53.7 Å². The van der Waals surface area contributed by atoms with E-state index in [1.165, 1.54) is 16.7 Å². The van der Waals surface area contributed by atoms with Crippen molar-refractivity contribution >= 4 is 39.1 Å². The number of sulfone groups is 1. The summed E-state index contributed by atoms with van der Waals surface area (Å²) in [5.74, 6) is 2.02. The van der Waals surface area contributed by atoms with Crippen molar-refractivity contribution in [3.63, 3.8) is 0 Å². The molecule has 1 aromatic heterocycles. The highest BCUT2D eigenvalue weighted by atomic mass is 35.5. The maximum Gasteiger partial charge on any atom is 0.233 e. The van der Waals surface area contributed by atoms with E-state index in [1.54, 1.807) is 19.2 Å². The Bertz CT molecular complexity index is 1300. The van der Waals surface area contributed by atoms with E-state index in [9.17, 15) is 13.2 Å². The molecule has 1 saturated heterocycles. The lowest BCUT2D eigenvalue weighted by Gasteiger charge is -2.23. The van der Waals surface area contributed by atoms with Gasteiger partial charge in [-0.15, -0.1) is 10.2 Å². The number of nitrogens with zero attached hydrogens (tertiary/aromatic N) is 4. The molecule has 0 radical (unpaired) electrons. The Labute approximate surface area is 219 Å². The number of aromatic nitrogens is 3. The molecule has 1 amide bonds. The average Bonchev–Trinajstić information content (AvgIpc) is 3.44. The van der Waals surface area contributed by atoms with Crippen LogP contribution in [0.3, 0.4) is 0 Å². The molecule has 0 bridgehead atoms. The zero-order chi connectivity index (χ0) is 25.7. The number of benzene rings is 2. The molecule has 0 N–H and O–H groups in total. The van der Waals surface area contributed by atoms with Crippen molar-refractivity contribution in [3.05, 3.63) is 59.4 Å². The van der Waals surface area contributed by atoms with Gasteiger partial charge in [0.05, 0.1) is 23.9 Å². The summed E-state index contributed by atoms with van der Waals surface area (Å²) in [4.78, 5) is 14.3. The SMILES string of the molecule is CCOc1ccc(OCc2nnc(SCC(=O)N(C)[C@H]3CCS(=O)(=O)C3)n2-c2ccc(Cl)cc2)cc1. The summed E-state index contributed by atoms with van der Waals surface area (Å²) < 4.78 is 36.8. The second kappa shape index (κ2) is 11.5. The lowest BCUT2D eigenvalue weighted by Crippen LogP contribution is -2.38. The molecule has 4 rings (SSSR count). The summed E-state index contributed by atoms with van der Waals surface area (Å²) in [5, 5.41) is 9.71. The molecule has 3 aromatic rings. The molecule has 36 heavy (non-hydrogen) atoms. The quantitative estimate of drug-likeness (QED) is 0.352. The highest BCUT2D eigenvalue weighted by molar-refractivity contribution is 7.99. The van der Waals surface area contributed by atoms with Gasteiger partial charge in [0.1, 0.15) is 18.1 Å². The normalized spacial score (nSPS) is 16.6. The number of rotatable bonds is 10. The topological polar surface area (TPSA) is 104 Å². The van der Waals surface area contributed by atoms with Crippen molar-refractivity contribution in [2.75, 3.05) is 30.9 Å². The first-order valence-corrected chi connectivity index (χ1v) is 14.6. The molecule has 1 aliphatic rings. The monoisotopic (exact) mass is 550 g/mol. The average molecular weight is 551 g/mol. The lowest BCUT2D eigenvalue weighted by atomic mass is 10.2. The summed E-state index contributed by atoms with van der Waals surface area (Å²) in [6, 6.07) is 14.2. The lowest BCUT2D eigenvalue weighted by molar-refractivity contribution is -0.128. The Balaban J connectivity index is 1.48. The van der Waals surface area contributed by atoms with E-state index in [-0.39, 0.29) is 35.8 Å². The molecule has 192 valence electrons. The van der Waals surface area contributed by atoms with Crippen molar-refractivity contribution in [1.82, 2.24) is 19.7 Å². The number of halogens is 1. The number of thioether (sulfide) groups is 1. The maximum atomic E-state index is 12.8. The number of hydrogen-bond donors (Lipinski definition) is 0. The summed E-state index contributed by atoms with van der Waals surface area (Å²) in [5.41, 5.74) is 0.778. The van der Waals surface area contributed by atoms with Crippen LogP contribution in [0.2, 0.25) is 5.02 Å². The van der Waals surface area contributed by atoms with Gasteiger partial charge in [-0.2, -0.15) is 0 Å². The van der Waals surface area contributed by atoms with Crippen molar-refractivity contribution < 1.29 is 22.7 Å². The smallest absolute Gasteiger partial charge is 0.233 e. The maximum absolute atomic E-state index is 12.8. The van der Waals surface area contributed by atoms with Crippen LogP contribution in [-0.4, -0.2) is 70.9 Å². The van der Waals surface area contributed by atoms with Crippen LogP contribution < -0.4 is 9.47 Å². The zero-order valence-corrected chi connectivity index (χ0v) is 22.4. The molecule has 0 aliphatic carbocycles. The summed E-state index contributed by atoms with van der Waals surface area (Å²) in [6.07, 6.45) is 0.462. The van der Waals surface area contributed by atoms with Crippen molar-refractivity contribution in [2.24, 2.45) is 0 Å². The minimum Gasteiger partial charge on any atom is -0.494 e. The van der Waals surface area contributed by atoms with E-state index < -0.39 is 9.84 Å². The van der Waals surface area contributed by atoms with Gasteiger partial charge in [-0.3, -0.25) is 9.36 Å². The number of hydrogen-bond acceptors (Lipinski definition) is 8. The number of ether oxygens (including phenoxy) is 2. The first-order valence-electron chi connectivity index (χ1n) is 11.4. The molecule has 1 atom stereocenters. The van der Waals surface area contributed by atoms with Crippen LogP contribution in [-0.2, 0) is 21.2 Å². The van der Waals surface area contributed by atoms with E-state index in [1.807, 2.05) is 47.9 Å². The summed E-state index contributed by atoms with van der Waals surface area (Å²) >= 11 is 7.31. The van der Waals surface area contributed by atoms with Crippen LogP contribution in [0.5, 0.6) is 11.5 Å². The Morgan fingerprint density at radius 3 is 2.39 bits per heavy atom. The Morgan fingerprint density at radius 1 is 1.11 bits per heavy atom. The molecule has 2 heterocycles. The fourth-order valence-electron chi connectivity index (χ4n) is 3.80. The molecule has 9 nitrogen and oxygen atoms in total. The molecule has 12 heteroatoms. The first-order chi connectivity index (χ1) is 17.3. The largest absolute Gasteiger partial charge is 0.494 e. The van der Waals surface area contributed by atoms with E-state index >= 15 is 0 Å². The Kier molecular flexibility index (Phi) is 8.43. The van der Waals surface area contributed by atoms with Crippen molar-refractivity contribution in [2.45, 2.75) is 31.1 Å². The molecular weight excluding hydrogens is 524 g/mol. The number of carbonyl (C=O) groups is 1. The van der Waals surface area contributed by atoms with Gasteiger partial charge in [-0.1, -0.05) is 23.4 Å². The van der Waals surface area contributed by atoms with Gasteiger partial charge in [0.25, 0.3) is 0 Å². The molecule has 1 aliphatic heterocycles. The molecule has 0 spiro atoms. The summed E-state index contributed by atoms with van der Waals surface area (Å²) in [7, 11) is -1.43. The molecular formula is C24H27ClN4O5S2. The third-order valence-corrected chi connectivity index (χ3v) is 8.68. The Hall–Kier alpha value is -2.76. The van der Waals surface area contributed by atoms with Crippen LogP contribution in [0, 0.1) is 0 Å². The number of amides is 1. The minimum absolute atomic E-state index is 0.00784. The second-order valence-corrected chi connectivity index (χ2v) is 11.9. The van der Waals surface area contributed by atoms with Gasteiger partial charge >= 0.3 is 0 Å². The van der Waals surface area contributed by atoms with E-state index in [0.29, 0.717) is 34.8 Å². The van der Waals surface area contributed by atoms with Gasteiger partial charge in [-0.05, 0) is 61.9 Å². The summed E-state index contributed by atoms with van der Waals surface area (Å²) in [6.45, 7) is 2.66. The highest BCUT2D eigenvalue weighted by Crippen LogP contribution is 2.26. The molecule has 1 fully saturated rings. The number of carbonyl (C=O) groups excluding carboxylic acids is 1. The third kappa shape index (κ3) is 6.51. The van der Waals surface area contributed by atoms with Crippen LogP contribution >= 0.6 is 23.4 Å². The van der Waals surface area contributed by atoms with Crippen LogP contribution in [0.25, 0.3) is 5.69 Å². The second-order valence-electron chi connectivity index (χ2n) is 8.25. The fourth-order valence-corrected chi connectivity index (χ4v) is 6.59. The van der Waals surface area contributed by atoms with Gasteiger partial charge in [0.15, 0.2) is 20.8 Å². The predicted octanol–water partition coefficient (Wildman–Crippen LogP) is 3.64. The van der Waals surface area contributed by atoms with Crippen LogP contribution in [0.4, 0.5) is 0 Å². The van der Waals surface area contributed by atoms with E-state index in [4.69, 9.17) is 21.1 Å². The molecule has 2 aromatic carbocycles. The van der Waals surface area contributed by atoms with Gasteiger partial charge in [0, 0.05) is 23.8 Å². The van der Waals surface area contributed by atoms with Gasteiger partial charge in [-0.25, -0.2) is 8.42 Å². The van der Waals surface area contributed by atoms with Gasteiger partial charge in [0.2, 0.25) is 5.91 Å². The predicted molar refractivity (Wildman–Crippen MR) is 139 cm³/mol. The van der Waals surface area contributed by atoms with E-state index in [2.05, 4.69) is 10.2 Å². The van der Waals surface area contributed by atoms with E-state index in [0.717, 1.165) is 11.4 Å². The van der Waals surface area contributed by atoms with Gasteiger partial charge < -0.3 is 14.4 Å². The molecule has 0 unspecified atom stereocenters. The highest BCUT2D eigenvalue weighted by Gasteiger charge is 2.32. The zero-order valence-electron chi connectivity index (χ0n) is 20.0. The fraction of sp³-hybridized carbons (Fsp3) is 0.375. The minimum atomic E-state index is -3.08.